The van der Waals surface area contributed by atoms with Gasteiger partial charge in [-0.1, -0.05) is 12.1 Å². The molecule has 5 nitrogen and oxygen atoms in total. The van der Waals surface area contributed by atoms with E-state index in [1.54, 1.807) is 7.11 Å². The summed E-state index contributed by atoms with van der Waals surface area (Å²) in [5.74, 6) is 1.80. The number of ether oxygens (including phenoxy) is 1. The topological polar surface area (TPSA) is 44.8 Å². The molecule has 2 heterocycles. The first-order valence-electron chi connectivity index (χ1n) is 8.64. The Morgan fingerprint density at radius 2 is 1.76 bits per heavy atom. The molecule has 0 unspecified atom stereocenters. The normalized spacial score (nSPS) is 18.1. The number of benzene rings is 1. The Bertz CT molecular complexity index is 531. The second kappa shape index (κ2) is 10.7. The van der Waals surface area contributed by atoms with Gasteiger partial charge in [0.2, 0.25) is 5.91 Å². The van der Waals surface area contributed by atoms with Gasteiger partial charge in [-0.05, 0) is 44.0 Å². The van der Waals surface area contributed by atoms with E-state index in [0.29, 0.717) is 11.8 Å². The van der Waals surface area contributed by atoms with Crippen LogP contribution in [0.25, 0.3) is 0 Å². The Morgan fingerprint density at radius 1 is 1.12 bits per heavy atom. The molecular weight excluding hydrogens is 361 g/mol. The fourth-order valence-corrected chi connectivity index (χ4v) is 3.55. The van der Waals surface area contributed by atoms with Crippen molar-refractivity contribution in [3.63, 3.8) is 0 Å². The van der Waals surface area contributed by atoms with Crippen LogP contribution in [0.3, 0.4) is 0 Å². The summed E-state index contributed by atoms with van der Waals surface area (Å²) in [4.78, 5) is 16.8. The van der Waals surface area contributed by atoms with Crippen LogP contribution in [0.2, 0.25) is 0 Å². The molecule has 7 heteroatoms. The monoisotopic (exact) mass is 389 g/mol. The third kappa shape index (κ3) is 5.66. The number of piperidine rings is 1. The van der Waals surface area contributed by atoms with Crippen LogP contribution in [0.4, 0.5) is 5.69 Å². The van der Waals surface area contributed by atoms with Crippen molar-refractivity contribution < 1.29 is 9.53 Å². The number of para-hydroxylation sites is 2. The number of hydrogen-bond acceptors (Lipinski definition) is 4. The van der Waals surface area contributed by atoms with E-state index in [0.717, 1.165) is 70.0 Å². The number of halogens is 2. The quantitative estimate of drug-likeness (QED) is 0.859. The highest BCUT2D eigenvalue weighted by Gasteiger charge is 2.25. The first-order valence-corrected chi connectivity index (χ1v) is 8.64. The molecule has 1 aromatic rings. The van der Waals surface area contributed by atoms with Gasteiger partial charge in [0.25, 0.3) is 0 Å². The maximum atomic E-state index is 12.5. The Labute approximate surface area is 162 Å². The average Bonchev–Trinajstić information content (AvgIpc) is 2.62. The summed E-state index contributed by atoms with van der Waals surface area (Å²) < 4.78 is 5.45. The highest BCUT2D eigenvalue weighted by Crippen LogP contribution is 2.28. The van der Waals surface area contributed by atoms with Gasteiger partial charge in [0.15, 0.2) is 0 Å². The van der Waals surface area contributed by atoms with Gasteiger partial charge in [0, 0.05) is 32.6 Å². The third-order valence-electron chi connectivity index (χ3n) is 4.98. The van der Waals surface area contributed by atoms with Crippen molar-refractivity contribution in [1.29, 1.82) is 0 Å². The van der Waals surface area contributed by atoms with Gasteiger partial charge in [-0.3, -0.25) is 4.79 Å². The van der Waals surface area contributed by atoms with Crippen LogP contribution in [0, 0.1) is 5.92 Å². The van der Waals surface area contributed by atoms with Crippen molar-refractivity contribution in [3.05, 3.63) is 24.3 Å². The highest BCUT2D eigenvalue weighted by molar-refractivity contribution is 5.85. The lowest BCUT2D eigenvalue weighted by atomic mass is 9.94. The standard InChI is InChI=1S/C18H27N3O2.2ClH/c1-23-17-5-3-2-4-16(17)20-10-12-21(13-11-20)18(22)14-15-6-8-19-9-7-15;;/h2-5,15,19H,6-14H2,1H3;2*1H. The van der Waals surface area contributed by atoms with Crippen LogP contribution in [0.5, 0.6) is 5.75 Å². The fourth-order valence-electron chi connectivity index (χ4n) is 3.55. The van der Waals surface area contributed by atoms with Gasteiger partial charge in [-0.15, -0.1) is 24.8 Å². The number of methoxy groups -OCH3 is 1. The second-order valence-corrected chi connectivity index (χ2v) is 6.44. The van der Waals surface area contributed by atoms with Crippen molar-refractivity contribution in [3.8, 4) is 5.75 Å². The molecule has 2 saturated heterocycles. The highest BCUT2D eigenvalue weighted by atomic mass is 35.5. The number of piperazine rings is 1. The van der Waals surface area contributed by atoms with Crippen LogP contribution in [-0.4, -0.2) is 57.2 Å². The van der Waals surface area contributed by atoms with Crippen LogP contribution < -0.4 is 15.0 Å². The van der Waals surface area contributed by atoms with Crippen molar-refractivity contribution in [2.45, 2.75) is 19.3 Å². The molecule has 0 bridgehead atoms. The van der Waals surface area contributed by atoms with Crippen LogP contribution in [0.15, 0.2) is 24.3 Å². The molecule has 0 atom stereocenters. The Hall–Kier alpha value is -1.17. The fraction of sp³-hybridized carbons (Fsp3) is 0.611. The van der Waals surface area contributed by atoms with E-state index < -0.39 is 0 Å². The maximum absolute atomic E-state index is 12.5. The number of nitrogens with zero attached hydrogens (tertiary/aromatic N) is 2. The molecule has 0 saturated carbocycles. The Balaban J connectivity index is 0.00000156. The van der Waals surface area contributed by atoms with Crippen LogP contribution >= 0.6 is 24.8 Å². The molecule has 0 aliphatic carbocycles. The van der Waals surface area contributed by atoms with Gasteiger partial charge in [0.1, 0.15) is 5.75 Å². The van der Waals surface area contributed by atoms with Crippen molar-refractivity contribution >= 4 is 36.4 Å². The van der Waals surface area contributed by atoms with Gasteiger partial charge in [-0.25, -0.2) is 0 Å². The van der Waals surface area contributed by atoms with Crippen LogP contribution in [0.1, 0.15) is 19.3 Å². The molecule has 0 spiro atoms. The molecule has 2 fully saturated rings. The predicted molar refractivity (Wildman–Crippen MR) is 106 cm³/mol. The largest absolute Gasteiger partial charge is 0.495 e. The van der Waals surface area contributed by atoms with Crippen molar-refractivity contribution in [2.75, 3.05) is 51.3 Å². The van der Waals surface area contributed by atoms with E-state index in [9.17, 15) is 4.79 Å². The minimum absolute atomic E-state index is 0. The van der Waals surface area contributed by atoms with Gasteiger partial charge in [-0.2, -0.15) is 0 Å². The molecule has 1 amide bonds. The van der Waals surface area contributed by atoms with E-state index in [1.165, 1.54) is 0 Å². The van der Waals surface area contributed by atoms with E-state index in [-0.39, 0.29) is 24.8 Å². The number of carbonyl (C=O) groups is 1. The zero-order valence-corrected chi connectivity index (χ0v) is 16.4. The summed E-state index contributed by atoms with van der Waals surface area (Å²) in [5, 5.41) is 3.36. The van der Waals surface area contributed by atoms with Crippen LogP contribution in [-0.2, 0) is 4.79 Å². The van der Waals surface area contributed by atoms with Gasteiger partial charge < -0.3 is 19.9 Å². The molecule has 1 N–H and O–H groups in total. The maximum Gasteiger partial charge on any atom is 0.222 e. The van der Waals surface area contributed by atoms with Gasteiger partial charge in [0.05, 0.1) is 12.8 Å². The smallest absolute Gasteiger partial charge is 0.222 e. The zero-order chi connectivity index (χ0) is 16.1. The zero-order valence-electron chi connectivity index (χ0n) is 14.8. The SMILES string of the molecule is COc1ccccc1N1CCN(C(=O)CC2CCNCC2)CC1.Cl.Cl. The Morgan fingerprint density at radius 3 is 2.40 bits per heavy atom. The first-order chi connectivity index (χ1) is 11.3. The second-order valence-electron chi connectivity index (χ2n) is 6.44. The minimum atomic E-state index is 0. The summed E-state index contributed by atoms with van der Waals surface area (Å²) in [5.41, 5.74) is 1.13. The predicted octanol–water partition coefficient (Wildman–Crippen LogP) is 2.58. The molecule has 3 rings (SSSR count). The lowest BCUT2D eigenvalue weighted by molar-refractivity contribution is -0.132. The molecular formula is C18H29Cl2N3O2. The number of rotatable bonds is 4. The molecule has 1 aromatic carbocycles. The molecule has 0 aromatic heterocycles. The number of nitrogens with one attached hydrogen (secondary N) is 1. The lowest BCUT2D eigenvalue weighted by Crippen LogP contribution is -2.49. The third-order valence-corrected chi connectivity index (χ3v) is 4.98. The summed E-state index contributed by atoms with van der Waals surface area (Å²) >= 11 is 0. The van der Waals surface area contributed by atoms with Gasteiger partial charge >= 0.3 is 0 Å². The van der Waals surface area contributed by atoms with E-state index >= 15 is 0 Å². The minimum Gasteiger partial charge on any atom is -0.495 e. The summed E-state index contributed by atoms with van der Waals surface area (Å²) in [6, 6.07) is 8.10. The average molecular weight is 390 g/mol. The number of amides is 1. The number of carbonyl (C=O) groups excluding carboxylic acids is 1. The molecule has 2 aliphatic rings. The lowest BCUT2D eigenvalue weighted by Gasteiger charge is -2.37. The molecule has 25 heavy (non-hydrogen) atoms. The Kier molecular flexibility index (Phi) is 9.39. The first kappa shape index (κ1) is 21.9. The molecule has 2 aliphatic heterocycles. The number of anilines is 1. The van der Waals surface area contributed by atoms with Crippen molar-refractivity contribution in [1.82, 2.24) is 10.2 Å². The molecule has 0 radical (unpaired) electrons. The summed E-state index contributed by atoms with van der Waals surface area (Å²) in [6.07, 6.45) is 2.98. The summed E-state index contributed by atoms with van der Waals surface area (Å²) in [7, 11) is 1.71. The van der Waals surface area contributed by atoms with E-state index in [2.05, 4.69) is 16.3 Å². The van der Waals surface area contributed by atoms with Crippen molar-refractivity contribution in [2.24, 2.45) is 5.92 Å². The summed E-state index contributed by atoms with van der Waals surface area (Å²) in [6.45, 7) is 5.47. The van der Waals surface area contributed by atoms with E-state index in [4.69, 9.17) is 4.74 Å². The molecule has 142 valence electrons. The number of hydrogen-bond donors (Lipinski definition) is 1. The van der Waals surface area contributed by atoms with E-state index in [1.807, 2.05) is 23.1 Å².